The fourth-order valence-corrected chi connectivity index (χ4v) is 7.61. The van der Waals surface area contributed by atoms with Crippen LogP contribution in [-0.2, 0) is 25.4 Å². The number of Topliss-reactive ketones (excluding diaryl/α,β-unsaturated/α-hetero) is 1. The van der Waals surface area contributed by atoms with Gasteiger partial charge in [-0.25, -0.2) is 0 Å². The molecule has 180 valence electrons. The van der Waals surface area contributed by atoms with Crippen molar-refractivity contribution in [1.29, 1.82) is 0 Å². The molecule has 3 aliphatic carbocycles. The molecular weight excluding hydrogens is 432 g/mol. The molecule has 1 saturated carbocycles. The molecule has 1 aromatic carbocycles. The first-order valence-electron chi connectivity index (χ1n) is 12.1. The number of ketones is 1. The van der Waals surface area contributed by atoms with Crippen LogP contribution in [0.25, 0.3) is 0 Å². The summed E-state index contributed by atoms with van der Waals surface area (Å²) in [6.45, 7) is 9.83. The third kappa shape index (κ3) is 2.56. The third-order valence-corrected chi connectivity index (χ3v) is 8.91. The van der Waals surface area contributed by atoms with Gasteiger partial charge in [0, 0.05) is 18.8 Å². The molecule has 0 aromatic heterocycles. The molecule has 1 spiro atoms. The summed E-state index contributed by atoms with van der Waals surface area (Å²) in [7, 11) is 0. The van der Waals surface area contributed by atoms with E-state index in [-0.39, 0.29) is 24.7 Å². The lowest BCUT2D eigenvalue weighted by molar-refractivity contribution is -0.399. The topological polar surface area (TPSA) is 85.2 Å². The van der Waals surface area contributed by atoms with Gasteiger partial charge in [-0.2, -0.15) is 0 Å². The monoisotopic (exact) mass is 464 g/mol. The summed E-state index contributed by atoms with van der Waals surface area (Å²) in [5.74, 6) is -2.48. The van der Waals surface area contributed by atoms with Gasteiger partial charge in [0.25, 0.3) is 5.97 Å². The molecule has 0 amide bonds. The van der Waals surface area contributed by atoms with Gasteiger partial charge in [0.15, 0.2) is 5.78 Å². The van der Waals surface area contributed by atoms with Crippen LogP contribution in [0.15, 0.2) is 65.8 Å². The molecule has 2 N–H and O–H groups in total. The van der Waals surface area contributed by atoms with Gasteiger partial charge in [0.2, 0.25) is 0 Å². The Morgan fingerprint density at radius 2 is 1.94 bits per heavy atom. The average molecular weight is 465 g/mol. The van der Waals surface area contributed by atoms with Crippen LogP contribution in [0.2, 0.25) is 0 Å². The van der Waals surface area contributed by atoms with E-state index in [0.717, 1.165) is 11.1 Å². The first-order chi connectivity index (χ1) is 16.0. The van der Waals surface area contributed by atoms with E-state index >= 15 is 0 Å². The van der Waals surface area contributed by atoms with Crippen molar-refractivity contribution >= 4 is 5.78 Å². The van der Waals surface area contributed by atoms with Crippen molar-refractivity contribution in [3.05, 3.63) is 71.3 Å². The summed E-state index contributed by atoms with van der Waals surface area (Å²) >= 11 is 0. The van der Waals surface area contributed by atoms with Crippen molar-refractivity contribution in [2.24, 2.45) is 11.8 Å². The fraction of sp³-hybridized carbons (Fsp3) is 0.536. The standard InChI is InChI=1S/C28H32O6/c1-17(2)24-11-19(4)28-22-10-18(3)23(30)26(22,31)13-21(15-29)12-25(28,16-24)33-27(32-24,34-28)14-20-8-6-5-7-9-20/h5-10,12,19,22,29,31H,1,11,13-16H2,2-4H3/t19-,22-,24+,25+,26-,27?,28+/m1/s1. The Morgan fingerprint density at radius 1 is 1.21 bits per heavy atom. The highest BCUT2D eigenvalue weighted by Crippen LogP contribution is 2.71. The number of carbonyl (C=O) groups excluding carboxylic acids is 1. The Morgan fingerprint density at radius 3 is 2.62 bits per heavy atom. The third-order valence-electron chi connectivity index (χ3n) is 8.91. The number of hydrogen-bond donors (Lipinski definition) is 2. The highest BCUT2D eigenvalue weighted by molar-refractivity contribution is 6.05. The molecule has 3 bridgehead atoms. The lowest BCUT2D eigenvalue weighted by Gasteiger charge is -2.58. The van der Waals surface area contributed by atoms with E-state index in [4.69, 9.17) is 14.2 Å². The van der Waals surface area contributed by atoms with Crippen LogP contribution in [0.4, 0.5) is 0 Å². The summed E-state index contributed by atoms with van der Waals surface area (Å²) in [5, 5.41) is 22.2. The number of benzene rings is 1. The molecule has 5 aliphatic rings. The lowest BCUT2D eigenvalue weighted by Crippen LogP contribution is -2.70. The van der Waals surface area contributed by atoms with Crippen LogP contribution in [-0.4, -0.2) is 51.0 Å². The van der Waals surface area contributed by atoms with Gasteiger partial charge < -0.3 is 24.4 Å². The van der Waals surface area contributed by atoms with E-state index in [0.29, 0.717) is 30.4 Å². The van der Waals surface area contributed by atoms with E-state index < -0.39 is 34.3 Å². The Balaban J connectivity index is 1.62. The van der Waals surface area contributed by atoms with Gasteiger partial charge in [-0.15, -0.1) is 0 Å². The van der Waals surface area contributed by atoms with Gasteiger partial charge in [0.1, 0.15) is 16.8 Å². The fourth-order valence-electron chi connectivity index (χ4n) is 7.61. The Bertz CT molecular complexity index is 1150. The van der Waals surface area contributed by atoms with Crippen molar-refractivity contribution in [3.63, 3.8) is 0 Å². The van der Waals surface area contributed by atoms with E-state index in [9.17, 15) is 15.0 Å². The van der Waals surface area contributed by atoms with E-state index in [1.165, 1.54) is 0 Å². The van der Waals surface area contributed by atoms with Crippen molar-refractivity contribution in [3.8, 4) is 0 Å². The number of fused-ring (bicyclic) bond motifs is 3. The summed E-state index contributed by atoms with van der Waals surface area (Å²) < 4.78 is 20.7. The number of ether oxygens (including phenoxy) is 3. The van der Waals surface area contributed by atoms with Gasteiger partial charge in [-0.1, -0.05) is 49.9 Å². The molecule has 2 saturated heterocycles. The van der Waals surface area contributed by atoms with Crippen LogP contribution in [0.1, 0.15) is 45.6 Å². The van der Waals surface area contributed by atoms with Crippen LogP contribution in [0.3, 0.4) is 0 Å². The molecule has 3 fully saturated rings. The number of aliphatic hydroxyl groups is 2. The second-order valence-corrected chi connectivity index (χ2v) is 11.1. The maximum atomic E-state index is 13.3. The zero-order valence-electron chi connectivity index (χ0n) is 20.0. The van der Waals surface area contributed by atoms with Gasteiger partial charge >= 0.3 is 0 Å². The SMILES string of the molecule is C=C(C)[C@@]12C[C@@H](C)[C@@]34OC(Cc5ccccc5)(O1)O[C@@]3(C=C(CO)C[C@]1(O)C(=O)C(C)=C[C@@H]41)C2. The number of carbonyl (C=O) groups is 1. The zero-order valence-corrected chi connectivity index (χ0v) is 20.0. The predicted molar refractivity (Wildman–Crippen MR) is 125 cm³/mol. The zero-order chi connectivity index (χ0) is 24.1. The van der Waals surface area contributed by atoms with Crippen LogP contribution >= 0.6 is 0 Å². The predicted octanol–water partition coefficient (Wildman–Crippen LogP) is 3.38. The van der Waals surface area contributed by atoms with E-state index in [1.807, 2.05) is 49.4 Å². The van der Waals surface area contributed by atoms with Crippen molar-refractivity contribution in [1.82, 2.24) is 0 Å². The summed E-state index contributed by atoms with van der Waals surface area (Å²) in [4.78, 5) is 13.3. The van der Waals surface area contributed by atoms with E-state index in [1.54, 1.807) is 6.92 Å². The maximum absolute atomic E-state index is 13.3. The van der Waals surface area contributed by atoms with Gasteiger partial charge in [-0.05, 0) is 54.5 Å². The van der Waals surface area contributed by atoms with Crippen LogP contribution < -0.4 is 0 Å². The largest absolute Gasteiger partial charge is 0.392 e. The first-order valence-corrected chi connectivity index (χ1v) is 12.1. The van der Waals surface area contributed by atoms with Crippen LogP contribution in [0.5, 0.6) is 0 Å². The normalized spacial score (nSPS) is 46.4. The second kappa shape index (κ2) is 6.77. The number of rotatable bonds is 4. The van der Waals surface area contributed by atoms with Crippen molar-refractivity contribution < 1.29 is 29.2 Å². The molecule has 6 rings (SSSR count). The molecule has 34 heavy (non-hydrogen) atoms. The smallest absolute Gasteiger partial charge is 0.289 e. The van der Waals surface area contributed by atoms with Crippen LogP contribution in [0, 0.1) is 11.8 Å². The quantitative estimate of drug-likeness (QED) is 0.665. The first kappa shape index (κ1) is 22.4. The van der Waals surface area contributed by atoms with Crippen molar-refractivity contribution in [2.45, 2.75) is 74.8 Å². The second-order valence-electron chi connectivity index (χ2n) is 11.1. The molecule has 1 aromatic rings. The molecule has 6 nitrogen and oxygen atoms in total. The molecule has 1 unspecified atom stereocenters. The minimum Gasteiger partial charge on any atom is -0.392 e. The Hall–Kier alpha value is -2.09. The summed E-state index contributed by atoms with van der Waals surface area (Å²) in [6.07, 6.45) is 5.29. The average Bonchev–Trinajstić information content (AvgIpc) is 3.05. The van der Waals surface area contributed by atoms with Gasteiger partial charge in [-0.3, -0.25) is 4.79 Å². The summed E-state index contributed by atoms with van der Waals surface area (Å²) in [5.41, 5.74) is -1.44. The van der Waals surface area contributed by atoms with Gasteiger partial charge in [0.05, 0.1) is 18.6 Å². The minimum absolute atomic E-state index is 0.0520. The Labute approximate surface area is 199 Å². The molecule has 2 aliphatic heterocycles. The summed E-state index contributed by atoms with van der Waals surface area (Å²) in [6, 6.07) is 9.90. The molecule has 6 heteroatoms. The molecule has 0 radical (unpaired) electrons. The van der Waals surface area contributed by atoms with Crippen molar-refractivity contribution in [2.75, 3.05) is 6.61 Å². The lowest BCUT2D eigenvalue weighted by atomic mass is 9.54. The molecule has 7 atom stereocenters. The molecule has 2 heterocycles. The molecular formula is C28H32O6. The minimum atomic E-state index is -1.70. The highest BCUT2D eigenvalue weighted by Gasteiger charge is 2.82. The maximum Gasteiger partial charge on any atom is 0.289 e. The Kier molecular flexibility index (Phi) is 4.46. The highest BCUT2D eigenvalue weighted by atomic mass is 16.9. The van der Waals surface area contributed by atoms with E-state index in [2.05, 4.69) is 13.5 Å². The number of aliphatic hydroxyl groups excluding tert-OH is 1. The number of hydrogen-bond acceptors (Lipinski definition) is 6.